The molecule has 1 aliphatic rings. The summed E-state index contributed by atoms with van der Waals surface area (Å²) in [4.78, 5) is 14.7. The Bertz CT molecular complexity index is 969. The molecule has 6 nitrogen and oxygen atoms in total. The smallest absolute Gasteiger partial charge is 0.246 e. The monoisotopic (exact) mass is 401 g/mol. The minimum absolute atomic E-state index is 0.0265. The van der Waals surface area contributed by atoms with Gasteiger partial charge in [-0.05, 0) is 42.7 Å². The fourth-order valence-corrected chi connectivity index (χ4v) is 5.01. The van der Waals surface area contributed by atoms with E-state index in [-0.39, 0.29) is 17.3 Å². The molecule has 1 aliphatic heterocycles. The Labute approximate surface area is 167 Å². The molecule has 0 unspecified atom stereocenters. The van der Waals surface area contributed by atoms with Crippen molar-refractivity contribution >= 4 is 27.3 Å². The normalized spacial score (nSPS) is 13.6. The number of carbonyl (C=O) groups excluding carboxylic acids is 1. The Hall–Kier alpha value is -2.38. The molecule has 2 aromatic rings. The first-order valence-corrected chi connectivity index (χ1v) is 11.1. The molecular weight excluding hydrogens is 374 g/mol. The number of nitrogens with one attached hydrogen (secondary N) is 1. The molecule has 1 N–H and O–H groups in total. The average Bonchev–Trinajstić information content (AvgIpc) is 3.12. The molecule has 1 amide bonds. The van der Waals surface area contributed by atoms with Crippen molar-refractivity contribution in [1.29, 1.82) is 0 Å². The maximum absolute atomic E-state index is 12.8. The highest BCUT2D eigenvalue weighted by Gasteiger charge is 2.25. The van der Waals surface area contributed by atoms with Crippen LogP contribution in [0, 0.1) is 6.92 Å². The summed E-state index contributed by atoms with van der Waals surface area (Å²) in [5, 5.41) is 3.13. The predicted molar refractivity (Wildman–Crippen MR) is 112 cm³/mol. The van der Waals surface area contributed by atoms with Gasteiger partial charge in [-0.2, -0.15) is 4.31 Å². The van der Waals surface area contributed by atoms with Crippen molar-refractivity contribution in [2.45, 2.75) is 32.1 Å². The van der Waals surface area contributed by atoms with Crippen molar-refractivity contribution in [2.24, 2.45) is 0 Å². The van der Waals surface area contributed by atoms with Gasteiger partial charge < -0.3 is 10.2 Å². The number of benzene rings is 2. The fraction of sp³-hybridized carbons (Fsp3) is 0.381. The van der Waals surface area contributed by atoms with E-state index >= 15 is 0 Å². The van der Waals surface area contributed by atoms with Crippen LogP contribution in [0.3, 0.4) is 0 Å². The summed E-state index contributed by atoms with van der Waals surface area (Å²) in [7, 11) is -3.54. The van der Waals surface area contributed by atoms with Gasteiger partial charge in [-0.25, -0.2) is 8.42 Å². The lowest BCUT2D eigenvalue weighted by Gasteiger charge is -2.21. The van der Waals surface area contributed by atoms with Gasteiger partial charge in [-0.3, -0.25) is 4.79 Å². The van der Waals surface area contributed by atoms with Gasteiger partial charge in [0.15, 0.2) is 0 Å². The number of anilines is 2. The number of sulfonamides is 1. The van der Waals surface area contributed by atoms with Gasteiger partial charge in [0.25, 0.3) is 0 Å². The van der Waals surface area contributed by atoms with Gasteiger partial charge >= 0.3 is 0 Å². The lowest BCUT2D eigenvalue weighted by Crippen LogP contribution is -2.34. The van der Waals surface area contributed by atoms with Crippen molar-refractivity contribution in [2.75, 3.05) is 36.4 Å². The van der Waals surface area contributed by atoms with E-state index in [1.54, 1.807) is 23.1 Å². The van der Waals surface area contributed by atoms with Crippen molar-refractivity contribution in [3.05, 3.63) is 53.6 Å². The van der Waals surface area contributed by atoms with Crippen LogP contribution in [0.25, 0.3) is 0 Å². The second-order valence-corrected chi connectivity index (χ2v) is 8.78. The molecule has 150 valence electrons. The van der Waals surface area contributed by atoms with Crippen LogP contribution >= 0.6 is 0 Å². The number of carbonyl (C=O) groups is 1. The molecule has 0 spiro atoms. The molecule has 28 heavy (non-hydrogen) atoms. The van der Waals surface area contributed by atoms with Crippen LogP contribution < -0.4 is 10.2 Å². The van der Waals surface area contributed by atoms with Crippen LogP contribution in [-0.4, -0.2) is 44.8 Å². The van der Waals surface area contributed by atoms with Gasteiger partial charge in [0.1, 0.15) is 0 Å². The Morgan fingerprint density at radius 3 is 2.57 bits per heavy atom. The van der Waals surface area contributed by atoms with E-state index in [0.717, 1.165) is 17.7 Å². The molecule has 0 atom stereocenters. The molecule has 0 saturated heterocycles. The number of aryl methyl sites for hydroxylation is 1. The number of hydrogen-bond donors (Lipinski definition) is 1. The Balaban J connectivity index is 1.76. The zero-order chi connectivity index (χ0) is 20.3. The molecule has 1 heterocycles. The fourth-order valence-electron chi connectivity index (χ4n) is 3.53. The molecular formula is C21H27N3O3S. The average molecular weight is 402 g/mol. The number of nitrogens with zero attached hydrogens (tertiary/aromatic N) is 2. The summed E-state index contributed by atoms with van der Waals surface area (Å²) in [6.45, 7) is 7.16. The summed E-state index contributed by atoms with van der Waals surface area (Å²) >= 11 is 0. The standard InChI is InChI=1S/C21H27N3O3S/c1-4-23(5-2)28(26,27)18-11-10-16(3)19(14-18)22-15-21(25)24-13-12-17-8-6-7-9-20(17)24/h6-11,14,22H,4-5,12-13,15H2,1-3H3. The van der Waals surface area contributed by atoms with E-state index in [2.05, 4.69) is 5.32 Å². The van der Waals surface area contributed by atoms with Crippen molar-refractivity contribution < 1.29 is 13.2 Å². The zero-order valence-corrected chi connectivity index (χ0v) is 17.4. The third-order valence-corrected chi connectivity index (χ3v) is 7.22. The van der Waals surface area contributed by atoms with Crippen LogP contribution in [0.15, 0.2) is 47.4 Å². The van der Waals surface area contributed by atoms with E-state index in [0.29, 0.717) is 25.3 Å². The second kappa shape index (κ2) is 8.32. The maximum Gasteiger partial charge on any atom is 0.246 e. The highest BCUT2D eigenvalue weighted by Crippen LogP contribution is 2.28. The zero-order valence-electron chi connectivity index (χ0n) is 16.6. The van der Waals surface area contributed by atoms with Gasteiger partial charge in [-0.15, -0.1) is 0 Å². The van der Waals surface area contributed by atoms with Crippen LogP contribution in [0.5, 0.6) is 0 Å². The number of fused-ring (bicyclic) bond motifs is 1. The largest absolute Gasteiger partial charge is 0.376 e. The molecule has 3 rings (SSSR count). The molecule has 0 bridgehead atoms. The quantitative estimate of drug-likeness (QED) is 0.774. The van der Waals surface area contributed by atoms with Crippen molar-refractivity contribution in [3.63, 3.8) is 0 Å². The molecule has 7 heteroatoms. The van der Waals surface area contributed by atoms with Crippen LogP contribution in [0.2, 0.25) is 0 Å². The lowest BCUT2D eigenvalue weighted by molar-refractivity contribution is -0.116. The first-order chi connectivity index (χ1) is 13.4. The first kappa shape index (κ1) is 20.4. The van der Waals surface area contributed by atoms with Crippen LogP contribution in [0.1, 0.15) is 25.0 Å². The van der Waals surface area contributed by atoms with E-state index < -0.39 is 10.0 Å². The van der Waals surface area contributed by atoms with Crippen molar-refractivity contribution in [3.8, 4) is 0 Å². The van der Waals surface area contributed by atoms with E-state index in [4.69, 9.17) is 0 Å². The SMILES string of the molecule is CCN(CC)S(=O)(=O)c1ccc(C)c(NCC(=O)N2CCc3ccccc32)c1. The molecule has 0 fully saturated rings. The van der Waals surface area contributed by atoms with Crippen LogP contribution in [-0.2, 0) is 21.2 Å². The van der Waals surface area contributed by atoms with Gasteiger partial charge in [0, 0.05) is 31.0 Å². The van der Waals surface area contributed by atoms with Gasteiger partial charge in [-0.1, -0.05) is 38.1 Å². The van der Waals surface area contributed by atoms with Crippen molar-refractivity contribution in [1.82, 2.24) is 4.31 Å². The molecule has 0 saturated carbocycles. The first-order valence-electron chi connectivity index (χ1n) is 9.61. The summed E-state index contributed by atoms with van der Waals surface area (Å²) in [6, 6.07) is 12.9. The van der Waals surface area contributed by atoms with Gasteiger partial charge in [0.2, 0.25) is 15.9 Å². The molecule has 0 aromatic heterocycles. The number of amides is 1. The minimum atomic E-state index is -3.54. The predicted octanol–water partition coefficient (Wildman–Crippen LogP) is 3.03. The Kier molecular flexibility index (Phi) is 6.05. The lowest BCUT2D eigenvalue weighted by atomic mass is 10.2. The van der Waals surface area contributed by atoms with E-state index in [1.807, 2.05) is 45.0 Å². The molecule has 2 aromatic carbocycles. The Morgan fingerprint density at radius 2 is 1.86 bits per heavy atom. The second-order valence-electron chi connectivity index (χ2n) is 6.84. The highest BCUT2D eigenvalue weighted by molar-refractivity contribution is 7.89. The minimum Gasteiger partial charge on any atom is -0.376 e. The summed E-state index contributed by atoms with van der Waals surface area (Å²) < 4.78 is 27.0. The molecule has 0 aliphatic carbocycles. The van der Waals surface area contributed by atoms with E-state index in [9.17, 15) is 13.2 Å². The highest BCUT2D eigenvalue weighted by atomic mass is 32.2. The van der Waals surface area contributed by atoms with Crippen LogP contribution in [0.4, 0.5) is 11.4 Å². The number of hydrogen-bond acceptors (Lipinski definition) is 4. The topological polar surface area (TPSA) is 69.7 Å². The summed E-state index contributed by atoms with van der Waals surface area (Å²) in [6.07, 6.45) is 0.860. The third-order valence-electron chi connectivity index (χ3n) is 5.17. The Morgan fingerprint density at radius 1 is 1.14 bits per heavy atom. The number of rotatable bonds is 7. The summed E-state index contributed by atoms with van der Waals surface area (Å²) in [5.41, 5.74) is 3.70. The van der Waals surface area contributed by atoms with Gasteiger partial charge in [0.05, 0.1) is 11.4 Å². The number of para-hydroxylation sites is 1. The molecule has 0 radical (unpaired) electrons. The van der Waals surface area contributed by atoms with E-state index in [1.165, 1.54) is 9.87 Å². The maximum atomic E-state index is 12.8. The third kappa shape index (κ3) is 3.91. The summed E-state index contributed by atoms with van der Waals surface area (Å²) in [5.74, 6) is -0.0265.